The van der Waals surface area contributed by atoms with Gasteiger partial charge in [0.05, 0.1) is 22.4 Å². The zero-order valence-electron chi connectivity index (χ0n) is 15.9. The molecule has 29 heavy (non-hydrogen) atoms. The summed E-state index contributed by atoms with van der Waals surface area (Å²) in [6.07, 6.45) is 0.0726. The predicted molar refractivity (Wildman–Crippen MR) is 107 cm³/mol. The quantitative estimate of drug-likeness (QED) is 0.572. The Balaban J connectivity index is 1.66. The van der Waals surface area contributed by atoms with Crippen molar-refractivity contribution in [3.63, 3.8) is 0 Å². The van der Waals surface area contributed by atoms with Crippen LogP contribution in [-0.4, -0.2) is 43.6 Å². The molecule has 0 fully saturated rings. The van der Waals surface area contributed by atoms with Crippen LogP contribution in [0, 0.1) is 10.1 Å². The SMILES string of the molecule is C[C@H](c1cccc([N+](=O)[O-])c1)N(C)C(=O)CCN=C1NS(=O)(=O)c2ccccc21. The summed E-state index contributed by atoms with van der Waals surface area (Å²) in [4.78, 5) is 28.9. The van der Waals surface area contributed by atoms with Gasteiger partial charge < -0.3 is 4.90 Å². The number of nitrogens with one attached hydrogen (secondary N) is 1. The van der Waals surface area contributed by atoms with Crippen molar-refractivity contribution in [2.45, 2.75) is 24.3 Å². The normalized spacial score (nSPS) is 16.7. The van der Waals surface area contributed by atoms with Crippen molar-refractivity contribution in [1.82, 2.24) is 9.62 Å². The number of carbonyl (C=O) groups is 1. The third-order valence-corrected chi connectivity index (χ3v) is 6.19. The zero-order chi connectivity index (χ0) is 21.2. The van der Waals surface area contributed by atoms with E-state index in [4.69, 9.17) is 0 Å². The van der Waals surface area contributed by atoms with E-state index < -0.39 is 14.9 Å². The number of hydrogen-bond acceptors (Lipinski definition) is 6. The number of non-ortho nitro benzene ring substituents is 1. The first-order valence-corrected chi connectivity index (χ1v) is 10.4. The van der Waals surface area contributed by atoms with Gasteiger partial charge in [-0.15, -0.1) is 0 Å². The molecule has 0 aromatic heterocycles. The molecular formula is C19H20N4O5S. The number of rotatable bonds is 6. The van der Waals surface area contributed by atoms with Crippen LogP contribution in [0.2, 0.25) is 0 Å². The molecule has 2 aromatic rings. The van der Waals surface area contributed by atoms with Gasteiger partial charge >= 0.3 is 0 Å². The highest BCUT2D eigenvalue weighted by Crippen LogP contribution is 2.24. The van der Waals surface area contributed by atoms with E-state index in [0.717, 1.165) is 0 Å². The van der Waals surface area contributed by atoms with Crippen molar-refractivity contribution >= 4 is 27.5 Å². The van der Waals surface area contributed by atoms with Crippen LogP contribution in [0.5, 0.6) is 0 Å². The predicted octanol–water partition coefficient (Wildman–Crippen LogP) is 2.24. The number of benzene rings is 2. The second-order valence-electron chi connectivity index (χ2n) is 6.61. The molecule has 2 aromatic carbocycles. The lowest BCUT2D eigenvalue weighted by Crippen LogP contribution is -2.30. The van der Waals surface area contributed by atoms with Crippen LogP contribution < -0.4 is 4.72 Å². The maximum Gasteiger partial charge on any atom is 0.269 e. The highest BCUT2D eigenvalue weighted by atomic mass is 32.2. The van der Waals surface area contributed by atoms with Crippen molar-refractivity contribution in [2.24, 2.45) is 4.99 Å². The molecule has 1 N–H and O–H groups in total. The first-order valence-electron chi connectivity index (χ1n) is 8.87. The first-order chi connectivity index (χ1) is 13.7. The molecule has 1 heterocycles. The second-order valence-corrected chi connectivity index (χ2v) is 8.27. The Labute approximate surface area is 168 Å². The standard InChI is InChI=1S/C19H20N4O5S/c1-13(14-6-5-7-15(12-14)23(25)26)22(2)18(24)10-11-20-19-16-8-3-4-9-17(16)29(27,28)21-19/h3-9,12-13H,10-11H2,1-2H3,(H,20,21)/t13-/m1/s1. The lowest BCUT2D eigenvalue weighted by molar-refractivity contribution is -0.384. The molecule has 9 nitrogen and oxygen atoms in total. The van der Waals surface area contributed by atoms with E-state index in [1.807, 2.05) is 0 Å². The van der Waals surface area contributed by atoms with Crippen molar-refractivity contribution in [3.05, 3.63) is 69.8 Å². The minimum absolute atomic E-state index is 0.0335. The van der Waals surface area contributed by atoms with Crippen LogP contribution in [-0.2, 0) is 14.8 Å². The van der Waals surface area contributed by atoms with Gasteiger partial charge in [-0.1, -0.05) is 24.3 Å². The highest BCUT2D eigenvalue weighted by Gasteiger charge is 2.30. The summed E-state index contributed by atoms with van der Waals surface area (Å²) in [6.45, 7) is 1.89. The first kappa shape index (κ1) is 20.5. The minimum Gasteiger partial charge on any atom is -0.339 e. The van der Waals surface area contributed by atoms with Crippen LogP contribution in [0.25, 0.3) is 0 Å². The molecule has 1 atom stereocenters. The monoisotopic (exact) mass is 416 g/mol. The number of fused-ring (bicyclic) bond motifs is 1. The number of sulfonamides is 1. The zero-order valence-corrected chi connectivity index (χ0v) is 16.7. The molecule has 0 saturated heterocycles. The summed E-state index contributed by atoms with van der Waals surface area (Å²) in [7, 11) is -2.00. The van der Waals surface area contributed by atoms with Crippen LogP contribution in [0.1, 0.15) is 30.5 Å². The fourth-order valence-corrected chi connectivity index (χ4v) is 4.28. The number of hydrogen-bond donors (Lipinski definition) is 1. The van der Waals surface area contributed by atoms with E-state index in [9.17, 15) is 23.3 Å². The third-order valence-electron chi connectivity index (χ3n) is 4.80. The van der Waals surface area contributed by atoms with Gasteiger partial charge in [-0.2, -0.15) is 0 Å². The van der Waals surface area contributed by atoms with Gasteiger partial charge in [0.15, 0.2) is 0 Å². The average molecular weight is 416 g/mol. The molecule has 0 spiro atoms. The molecule has 0 aliphatic carbocycles. The number of amidine groups is 1. The van der Waals surface area contributed by atoms with Gasteiger partial charge in [0, 0.05) is 31.2 Å². The number of aliphatic imine (C=N–C) groups is 1. The summed E-state index contributed by atoms with van der Waals surface area (Å²) in [6, 6.07) is 12.3. The maximum absolute atomic E-state index is 12.5. The summed E-state index contributed by atoms with van der Waals surface area (Å²) in [5, 5.41) is 10.9. The number of amides is 1. The van der Waals surface area contributed by atoms with Crippen LogP contribution in [0.15, 0.2) is 58.4 Å². The molecule has 1 aliphatic heterocycles. The Hall–Kier alpha value is -3.27. The van der Waals surface area contributed by atoms with Gasteiger partial charge in [-0.25, -0.2) is 8.42 Å². The molecule has 0 saturated carbocycles. The third kappa shape index (κ3) is 4.27. The molecule has 0 bridgehead atoms. The number of nitrogens with zero attached hydrogens (tertiary/aromatic N) is 3. The van der Waals surface area contributed by atoms with E-state index in [2.05, 4.69) is 9.71 Å². The van der Waals surface area contributed by atoms with Gasteiger partial charge in [-0.3, -0.25) is 24.6 Å². The second kappa shape index (κ2) is 8.00. The lowest BCUT2D eigenvalue weighted by Gasteiger charge is -2.25. The van der Waals surface area contributed by atoms with Crippen LogP contribution in [0.3, 0.4) is 0 Å². The van der Waals surface area contributed by atoms with E-state index in [1.54, 1.807) is 44.3 Å². The fourth-order valence-electron chi connectivity index (χ4n) is 3.03. The Kier molecular flexibility index (Phi) is 5.64. The molecule has 152 valence electrons. The Morgan fingerprint density at radius 2 is 1.97 bits per heavy atom. The van der Waals surface area contributed by atoms with Crippen molar-refractivity contribution in [1.29, 1.82) is 0 Å². The van der Waals surface area contributed by atoms with Crippen LogP contribution >= 0.6 is 0 Å². The van der Waals surface area contributed by atoms with E-state index in [1.165, 1.54) is 23.1 Å². The maximum atomic E-state index is 12.5. The molecular weight excluding hydrogens is 396 g/mol. The summed E-state index contributed by atoms with van der Waals surface area (Å²) in [5.41, 5.74) is 1.10. The summed E-state index contributed by atoms with van der Waals surface area (Å²) in [5.74, 6) is 0.0188. The smallest absolute Gasteiger partial charge is 0.269 e. The number of nitro benzene ring substituents is 1. The largest absolute Gasteiger partial charge is 0.339 e. The molecule has 0 radical (unpaired) electrons. The summed E-state index contributed by atoms with van der Waals surface area (Å²) >= 11 is 0. The molecule has 1 aliphatic rings. The number of carbonyl (C=O) groups excluding carboxylic acids is 1. The number of nitro groups is 1. The fraction of sp³-hybridized carbons (Fsp3) is 0.263. The van der Waals surface area contributed by atoms with Gasteiger partial charge in [0.1, 0.15) is 5.84 Å². The van der Waals surface area contributed by atoms with E-state index in [-0.39, 0.29) is 41.3 Å². The van der Waals surface area contributed by atoms with Crippen molar-refractivity contribution in [2.75, 3.05) is 13.6 Å². The minimum atomic E-state index is -3.61. The molecule has 0 unspecified atom stereocenters. The van der Waals surface area contributed by atoms with Crippen molar-refractivity contribution in [3.8, 4) is 0 Å². The van der Waals surface area contributed by atoms with Crippen LogP contribution in [0.4, 0.5) is 5.69 Å². The summed E-state index contributed by atoms with van der Waals surface area (Å²) < 4.78 is 26.5. The van der Waals surface area contributed by atoms with E-state index >= 15 is 0 Å². The Morgan fingerprint density at radius 3 is 2.69 bits per heavy atom. The average Bonchev–Trinajstić information content (AvgIpc) is 2.97. The topological polar surface area (TPSA) is 122 Å². The lowest BCUT2D eigenvalue weighted by atomic mass is 10.1. The molecule has 10 heteroatoms. The molecule has 3 rings (SSSR count). The van der Waals surface area contributed by atoms with Gasteiger partial charge in [-0.05, 0) is 24.6 Å². The van der Waals surface area contributed by atoms with Gasteiger partial charge in [0.2, 0.25) is 5.91 Å². The van der Waals surface area contributed by atoms with Crippen molar-refractivity contribution < 1.29 is 18.1 Å². The Bertz CT molecular complexity index is 1100. The Morgan fingerprint density at radius 1 is 1.24 bits per heavy atom. The highest BCUT2D eigenvalue weighted by molar-refractivity contribution is 7.90. The van der Waals surface area contributed by atoms with Gasteiger partial charge in [0.25, 0.3) is 15.7 Å². The molecule has 1 amide bonds. The van der Waals surface area contributed by atoms with E-state index in [0.29, 0.717) is 11.1 Å².